The van der Waals surface area contributed by atoms with Gasteiger partial charge in [0.2, 0.25) is 5.91 Å². The van der Waals surface area contributed by atoms with Crippen molar-refractivity contribution < 1.29 is 19.2 Å². The summed E-state index contributed by atoms with van der Waals surface area (Å²) in [6, 6.07) is 13.8. The van der Waals surface area contributed by atoms with E-state index < -0.39 is 0 Å². The molecule has 1 fully saturated rings. The first kappa shape index (κ1) is 20.9. The first-order valence-electron chi connectivity index (χ1n) is 8.70. The summed E-state index contributed by atoms with van der Waals surface area (Å²) in [5, 5.41) is 2.46. The summed E-state index contributed by atoms with van der Waals surface area (Å²) in [5.74, 6) is -0.362. The van der Waals surface area contributed by atoms with Gasteiger partial charge in [-0.1, -0.05) is 23.9 Å². The highest BCUT2D eigenvalue weighted by Crippen LogP contribution is 2.24. The number of amides is 4. The van der Waals surface area contributed by atoms with Crippen molar-refractivity contribution in [3.63, 3.8) is 0 Å². The van der Waals surface area contributed by atoms with Gasteiger partial charge in [0.15, 0.2) is 0 Å². The van der Waals surface area contributed by atoms with E-state index in [0.717, 1.165) is 28.4 Å². The first-order chi connectivity index (χ1) is 13.8. The molecule has 3 rings (SSSR count). The molecule has 4 amide bonds. The van der Waals surface area contributed by atoms with Gasteiger partial charge in [-0.2, -0.15) is 0 Å². The summed E-state index contributed by atoms with van der Waals surface area (Å²) in [4.78, 5) is 51.3. The van der Waals surface area contributed by atoms with E-state index in [9.17, 15) is 19.2 Å². The van der Waals surface area contributed by atoms with E-state index in [1.165, 1.54) is 9.80 Å². The number of hydrogen-bond acceptors (Lipinski definition) is 6. The van der Waals surface area contributed by atoms with Crippen LogP contribution in [0.5, 0.6) is 0 Å². The van der Waals surface area contributed by atoms with Crippen LogP contribution in [-0.4, -0.2) is 51.9 Å². The van der Waals surface area contributed by atoms with Crippen molar-refractivity contribution in [1.82, 2.24) is 9.80 Å². The van der Waals surface area contributed by atoms with Gasteiger partial charge in [0, 0.05) is 30.2 Å². The molecule has 7 nitrogen and oxygen atoms in total. The molecule has 150 valence electrons. The SMILES string of the molecule is CN(C)C(=O)Sc1ccc(NC(=O)c2cccc(CN3C(=O)CSC3=O)c2)cc1. The van der Waals surface area contributed by atoms with Crippen molar-refractivity contribution in [3.8, 4) is 0 Å². The van der Waals surface area contributed by atoms with E-state index in [4.69, 9.17) is 0 Å². The topological polar surface area (TPSA) is 86.8 Å². The lowest BCUT2D eigenvalue weighted by atomic mass is 10.1. The van der Waals surface area contributed by atoms with Crippen molar-refractivity contribution in [2.45, 2.75) is 11.4 Å². The summed E-state index contributed by atoms with van der Waals surface area (Å²) in [6.45, 7) is 0.150. The molecule has 2 aromatic rings. The molecular formula is C20H19N3O4S2. The van der Waals surface area contributed by atoms with E-state index in [2.05, 4.69) is 5.32 Å². The third-order valence-electron chi connectivity index (χ3n) is 4.05. The van der Waals surface area contributed by atoms with E-state index >= 15 is 0 Å². The molecule has 0 aliphatic carbocycles. The van der Waals surface area contributed by atoms with Gasteiger partial charge in [-0.05, 0) is 53.7 Å². The summed E-state index contributed by atoms with van der Waals surface area (Å²) in [7, 11) is 3.37. The second-order valence-electron chi connectivity index (χ2n) is 6.48. The molecule has 0 atom stereocenters. The molecule has 1 aliphatic rings. The molecule has 0 bridgehead atoms. The quantitative estimate of drug-likeness (QED) is 0.725. The highest BCUT2D eigenvalue weighted by atomic mass is 32.2. The Morgan fingerprint density at radius 3 is 2.48 bits per heavy atom. The summed E-state index contributed by atoms with van der Waals surface area (Å²) in [6.07, 6.45) is 0. The number of rotatable bonds is 5. The van der Waals surface area contributed by atoms with Crippen LogP contribution < -0.4 is 5.32 Å². The lowest BCUT2D eigenvalue weighted by Gasteiger charge is -2.13. The smallest absolute Gasteiger partial charge is 0.289 e. The molecule has 1 heterocycles. The Morgan fingerprint density at radius 1 is 1.14 bits per heavy atom. The highest BCUT2D eigenvalue weighted by molar-refractivity contribution is 8.14. The van der Waals surface area contributed by atoms with Crippen molar-refractivity contribution in [3.05, 3.63) is 59.7 Å². The number of benzene rings is 2. The number of imide groups is 1. The van der Waals surface area contributed by atoms with Gasteiger partial charge in [-0.15, -0.1) is 0 Å². The minimum absolute atomic E-state index is 0.0769. The molecule has 1 aliphatic heterocycles. The van der Waals surface area contributed by atoms with Crippen LogP contribution >= 0.6 is 23.5 Å². The third-order valence-corrected chi connectivity index (χ3v) is 5.96. The number of carbonyl (C=O) groups excluding carboxylic acids is 4. The number of carbonyl (C=O) groups is 4. The Hall–Kier alpha value is -2.78. The highest BCUT2D eigenvalue weighted by Gasteiger charge is 2.29. The summed E-state index contributed by atoms with van der Waals surface area (Å²) < 4.78 is 0. The Morgan fingerprint density at radius 2 is 1.86 bits per heavy atom. The van der Waals surface area contributed by atoms with Crippen molar-refractivity contribution >= 4 is 51.5 Å². The molecule has 0 radical (unpaired) electrons. The average molecular weight is 430 g/mol. The van der Waals surface area contributed by atoms with E-state index in [1.54, 1.807) is 62.6 Å². The molecule has 9 heteroatoms. The fraction of sp³-hybridized carbons (Fsp3) is 0.200. The van der Waals surface area contributed by atoms with E-state index in [1.807, 2.05) is 0 Å². The Labute approximate surface area is 176 Å². The van der Waals surface area contributed by atoms with Crippen LogP contribution in [0.3, 0.4) is 0 Å². The minimum Gasteiger partial charge on any atom is -0.339 e. The second-order valence-corrected chi connectivity index (χ2v) is 8.43. The lowest BCUT2D eigenvalue weighted by Crippen LogP contribution is -2.28. The van der Waals surface area contributed by atoms with E-state index in [-0.39, 0.29) is 34.6 Å². The molecule has 1 saturated heterocycles. The zero-order valence-electron chi connectivity index (χ0n) is 15.9. The Balaban J connectivity index is 1.64. The Bertz CT molecular complexity index is 944. The zero-order chi connectivity index (χ0) is 21.0. The number of anilines is 1. The van der Waals surface area contributed by atoms with Gasteiger partial charge in [-0.3, -0.25) is 24.1 Å². The molecule has 29 heavy (non-hydrogen) atoms. The Kier molecular flexibility index (Phi) is 6.60. The third kappa shape index (κ3) is 5.39. The number of thioether (sulfide) groups is 2. The van der Waals surface area contributed by atoms with Gasteiger partial charge in [0.1, 0.15) is 0 Å². The molecular weight excluding hydrogens is 410 g/mol. The van der Waals surface area contributed by atoms with Gasteiger partial charge in [-0.25, -0.2) is 0 Å². The van der Waals surface area contributed by atoms with E-state index in [0.29, 0.717) is 16.8 Å². The predicted molar refractivity (Wildman–Crippen MR) is 114 cm³/mol. The number of nitrogens with zero attached hydrogens (tertiary/aromatic N) is 2. The van der Waals surface area contributed by atoms with Crippen LogP contribution in [0.25, 0.3) is 0 Å². The van der Waals surface area contributed by atoms with Gasteiger partial charge in [0.25, 0.3) is 16.4 Å². The van der Waals surface area contributed by atoms with Crippen LogP contribution in [0.15, 0.2) is 53.4 Å². The predicted octanol–water partition coefficient (Wildman–Crippen LogP) is 3.91. The van der Waals surface area contributed by atoms with Gasteiger partial charge < -0.3 is 10.2 Å². The summed E-state index contributed by atoms with van der Waals surface area (Å²) >= 11 is 2.09. The van der Waals surface area contributed by atoms with Crippen LogP contribution in [-0.2, 0) is 11.3 Å². The average Bonchev–Trinajstić information content (AvgIpc) is 3.01. The fourth-order valence-electron chi connectivity index (χ4n) is 2.53. The maximum atomic E-state index is 12.6. The van der Waals surface area contributed by atoms with Crippen LogP contribution in [0.1, 0.15) is 15.9 Å². The van der Waals surface area contributed by atoms with Crippen LogP contribution in [0.2, 0.25) is 0 Å². The molecule has 0 spiro atoms. The fourth-order valence-corrected chi connectivity index (χ4v) is 3.91. The summed E-state index contributed by atoms with van der Waals surface area (Å²) in [5.41, 5.74) is 1.73. The molecule has 2 aromatic carbocycles. The van der Waals surface area contributed by atoms with Gasteiger partial charge >= 0.3 is 0 Å². The zero-order valence-corrected chi connectivity index (χ0v) is 17.5. The van der Waals surface area contributed by atoms with Gasteiger partial charge in [0.05, 0.1) is 12.3 Å². The first-order valence-corrected chi connectivity index (χ1v) is 10.5. The molecule has 1 N–H and O–H groups in total. The normalized spacial score (nSPS) is 13.5. The second kappa shape index (κ2) is 9.15. The van der Waals surface area contributed by atoms with Crippen molar-refractivity contribution in [2.75, 3.05) is 25.2 Å². The van der Waals surface area contributed by atoms with Crippen LogP contribution in [0.4, 0.5) is 15.3 Å². The van der Waals surface area contributed by atoms with Crippen LogP contribution in [0, 0.1) is 0 Å². The monoisotopic (exact) mass is 429 g/mol. The maximum Gasteiger partial charge on any atom is 0.289 e. The largest absolute Gasteiger partial charge is 0.339 e. The molecule has 0 aromatic heterocycles. The number of hydrogen-bond donors (Lipinski definition) is 1. The number of nitrogens with one attached hydrogen (secondary N) is 1. The molecule has 0 saturated carbocycles. The van der Waals surface area contributed by atoms with Crippen molar-refractivity contribution in [1.29, 1.82) is 0 Å². The maximum absolute atomic E-state index is 12.6. The lowest BCUT2D eigenvalue weighted by molar-refractivity contribution is -0.125. The minimum atomic E-state index is -0.301. The standard InChI is InChI=1S/C20H19N3O4S2/c1-22(2)19(26)29-16-8-6-15(7-9-16)21-18(25)14-5-3-4-13(10-14)11-23-17(24)12-28-20(23)27/h3-10H,11-12H2,1-2H3,(H,21,25). The van der Waals surface area contributed by atoms with Crippen molar-refractivity contribution in [2.24, 2.45) is 0 Å². The molecule has 0 unspecified atom stereocenters.